The second kappa shape index (κ2) is 9.93. The van der Waals surface area contributed by atoms with Crippen LogP contribution in [-0.2, 0) is 11.3 Å². The van der Waals surface area contributed by atoms with Gasteiger partial charge in [-0.2, -0.15) is 0 Å². The van der Waals surface area contributed by atoms with Crippen LogP contribution in [0.15, 0.2) is 54.0 Å². The molecule has 32 heavy (non-hydrogen) atoms. The number of rotatable bonds is 7. The molecule has 1 saturated heterocycles. The number of carbonyl (C=O) groups excluding carboxylic acids is 2. The third kappa shape index (κ3) is 5.15. The van der Waals surface area contributed by atoms with E-state index in [-0.39, 0.29) is 17.7 Å². The zero-order valence-electron chi connectivity index (χ0n) is 18.2. The standard InChI is InChI=1S/C24H27N5O2S/c1-29(2)21-7-6-19(28-22(30)18-8-9-25-15-18)13-20(21)23(31)27-14-16-4-3-5-17(12-16)24-26-10-11-32-24/h3-7,10-13,18,25H,8-9,14-15H2,1-2H3,(H,27,31)(H,28,30). The molecule has 0 radical (unpaired) electrons. The number of aromatic nitrogens is 1. The minimum absolute atomic E-state index is 0.0158. The first-order valence-electron chi connectivity index (χ1n) is 10.6. The van der Waals surface area contributed by atoms with Crippen molar-refractivity contribution in [2.24, 2.45) is 5.92 Å². The molecule has 1 unspecified atom stereocenters. The summed E-state index contributed by atoms with van der Waals surface area (Å²) in [5.74, 6) is -0.240. The average molecular weight is 450 g/mol. The molecule has 7 nitrogen and oxygen atoms in total. The van der Waals surface area contributed by atoms with Crippen molar-refractivity contribution in [3.8, 4) is 10.6 Å². The lowest BCUT2D eigenvalue weighted by Gasteiger charge is -2.19. The van der Waals surface area contributed by atoms with Gasteiger partial charge in [-0.3, -0.25) is 9.59 Å². The van der Waals surface area contributed by atoms with Gasteiger partial charge in [-0.05, 0) is 42.8 Å². The Bertz CT molecular complexity index is 1090. The van der Waals surface area contributed by atoms with E-state index < -0.39 is 0 Å². The summed E-state index contributed by atoms with van der Waals surface area (Å²) in [6.45, 7) is 1.94. The fourth-order valence-electron chi connectivity index (χ4n) is 3.77. The third-order valence-corrected chi connectivity index (χ3v) is 6.30. The number of nitrogens with zero attached hydrogens (tertiary/aromatic N) is 2. The molecule has 8 heteroatoms. The first kappa shape index (κ1) is 22.0. The monoisotopic (exact) mass is 449 g/mol. The molecule has 1 atom stereocenters. The smallest absolute Gasteiger partial charge is 0.253 e. The molecule has 166 valence electrons. The summed E-state index contributed by atoms with van der Waals surface area (Å²) >= 11 is 1.58. The Labute approximate surface area is 191 Å². The maximum Gasteiger partial charge on any atom is 0.253 e. The van der Waals surface area contributed by atoms with Crippen LogP contribution in [0.3, 0.4) is 0 Å². The van der Waals surface area contributed by atoms with Crippen molar-refractivity contribution in [1.29, 1.82) is 0 Å². The summed E-state index contributed by atoms with van der Waals surface area (Å²) < 4.78 is 0. The Balaban J connectivity index is 1.48. The number of anilines is 2. The minimum atomic E-state index is -0.188. The van der Waals surface area contributed by atoms with Crippen molar-refractivity contribution < 1.29 is 9.59 Å². The lowest BCUT2D eigenvalue weighted by atomic mass is 10.1. The molecule has 1 aromatic heterocycles. The van der Waals surface area contributed by atoms with Crippen molar-refractivity contribution in [1.82, 2.24) is 15.6 Å². The Morgan fingerprint density at radius 1 is 1.22 bits per heavy atom. The molecule has 3 aromatic rings. The zero-order chi connectivity index (χ0) is 22.5. The number of benzene rings is 2. The Hall–Kier alpha value is -3.23. The SMILES string of the molecule is CN(C)c1ccc(NC(=O)C2CCNC2)cc1C(=O)NCc1cccc(-c2nccs2)c1. The van der Waals surface area contributed by atoms with E-state index in [1.165, 1.54) is 0 Å². The van der Waals surface area contributed by atoms with Gasteiger partial charge in [0.1, 0.15) is 5.01 Å². The molecule has 1 fully saturated rings. The maximum atomic E-state index is 13.1. The van der Waals surface area contributed by atoms with Gasteiger partial charge >= 0.3 is 0 Å². The van der Waals surface area contributed by atoms with Crippen molar-refractivity contribution >= 4 is 34.5 Å². The van der Waals surface area contributed by atoms with Crippen LogP contribution in [0.2, 0.25) is 0 Å². The van der Waals surface area contributed by atoms with E-state index in [9.17, 15) is 9.59 Å². The lowest BCUT2D eigenvalue weighted by Crippen LogP contribution is -2.27. The molecule has 1 aliphatic rings. The fraction of sp³-hybridized carbons (Fsp3) is 0.292. The summed E-state index contributed by atoms with van der Waals surface area (Å²) in [4.78, 5) is 31.8. The lowest BCUT2D eigenvalue weighted by molar-refractivity contribution is -0.119. The van der Waals surface area contributed by atoms with Crippen molar-refractivity contribution in [3.05, 3.63) is 65.2 Å². The van der Waals surface area contributed by atoms with Gasteiger partial charge in [-0.15, -0.1) is 11.3 Å². The van der Waals surface area contributed by atoms with E-state index in [0.29, 0.717) is 24.3 Å². The second-order valence-corrected chi connectivity index (χ2v) is 8.92. The van der Waals surface area contributed by atoms with E-state index in [4.69, 9.17) is 0 Å². The minimum Gasteiger partial charge on any atom is -0.377 e. The second-order valence-electron chi connectivity index (χ2n) is 8.03. The summed E-state index contributed by atoms with van der Waals surface area (Å²) in [7, 11) is 3.79. The van der Waals surface area contributed by atoms with E-state index in [0.717, 1.165) is 34.8 Å². The van der Waals surface area contributed by atoms with Gasteiger partial charge < -0.3 is 20.9 Å². The summed E-state index contributed by atoms with van der Waals surface area (Å²) in [5, 5.41) is 12.1. The van der Waals surface area contributed by atoms with E-state index in [1.807, 2.05) is 60.8 Å². The van der Waals surface area contributed by atoms with Crippen LogP contribution in [0.4, 0.5) is 11.4 Å². The molecule has 0 saturated carbocycles. The van der Waals surface area contributed by atoms with Crippen LogP contribution in [0.5, 0.6) is 0 Å². The van der Waals surface area contributed by atoms with E-state index >= 15 is 0 Å². The number of nitrogens with one attached hydrogen (secondary N) is 3. The zero-order valence-corrected chi connectivity index (χ0v) is 19.0. The van der Waals surface area contributed by atoms with Crippen molar-refractivity contribution in [3.63, 3.8) is 0 Å². The Morgan fingerprint density at radius 3 is 2.81 bits per heavy atom. The number of carbonyl (C=O) groups is 2. The van der Waals surface area contributed by atoms with Crippen molar-refractivity contribution in [2.75, 3.05) is 37.4 Å². The van der Waals surface area contributed by atoms with E-state index in [1.54, 1.807) is 23.6 Å². The van der Waals surface area contributed by atoms with Gasteiger partial charge in [0.25, 0.3) is 5.91 Å². The molecule has 1 aliphatic heterocycles. The normalized spacial score (nSPS) is 15.4. The van der Waals surface area contributed by atoms with Crippen LogP contribution in [0, 0.1) is 5.92 Å². The molecular weight excluding hydrogens is 422 g/mol. The van der Waals surface area contributed by atoms with Gasteiger partial charge in [0.05, 0.1) is 11.5 Å². The van der Waals surface area contributed by atoms with Crippen LogP contribution >= 0.6 is 11.3 Å². The highest BCUT2D eigenvalue weighted by atomic mass is 32.1. The largest absolute Gasteiger partial charge is 0.377 e. The summed E-state index contributed by atoms with van der Waals surface area (Å²) in [6.07, 6.45) is 2.61. The van der Waals surface area contributed by atoms with Crippen LogP contribution < -0.4 is 20.9 Å². The van der Waals surface area contributed by atoms with Gasteiger partial charge in [0, 0.05) is 55.7 Å². The number of amides is 2. The first-order valence-corrected chi connectivity index (χ1v) is 11.5. The number of thiazole rings is 1. The first-order chi connectivity index (χ1) is 15.5. The molecule has 2 heterocycles. The van der Waals surface area contributed by atoms with Crippen molar-refractivity contribution in [2.45, 2.75) is 13.0 Å². The molecule has 2 amide bonds. The molecule has 4 rings (SSSR count). The quantitative estimate of drug-likeness (QED) is 0.515. The summed E-state index contributed by atoms with van der Waals surface area (Å²) in [5.41, 5.74) is 3.97. The maximum absolute atomic E-state index is 13.1. The highest BCUT2D eigenvalue weighted by Gasteiger charge is 2.23. The number of hydrogen-bond acceptors (Lipinski definition) is 6. The number of hydrogen-bond donors (Lipinski definition) is 3. The van der Waals surface area contributed by atoms with Gasteiger partial charge in [0.15, 0.2) is 0 Å². The van der Waals surface area contributed by atoms with Gasteiger partial charge in [-0.1, -0.05) is 18.2 Å². The van der Waals surface area contributed by atoms with Gasteiger partial charge in [0.2, 0.25) is 5.91 Å². The van der Waals surface area contributed by atoms with Crippen LogP contribution in [-0.4, -0.2) is 44.0 Å². The molecule has 0 aliphatic carbocycles. The Morgan fingerprint density at radius 2 is 2.09 bits per heavy atom. The predicted octanol–water partition coefficient (Wildman–Crippen LogP) is 3.35. The predicted molar refractivity (Wildman–Crippen MR) is 129 cm³/mol. The molecule has 0 spiro atoms. The molecule has 0 bridgehead atoms. The highest BCUT2D eigenvalue weighted by Crippen LogP contribution is 2.25. The molecule has 2 aromatic carbocycles. The average Bonchev–Trinajstić information content (AvgIpc) is 3.52. The van der Waals surface area contributed by atoms with Crippen LogP contribution in [0.1, 0.15) is 22.3 Å². The topological polar surface area (TPSA) is 86.4 Å². The highest BCUT2D eigenvalue weighted by molar-refractivity contribution is 7.13. The molecular formula is C24H27N5O2S. The summed E-state index contributed by atoms with van der Waals surface area (Å²) in [6, 6.07) is 13.5. The van der Waals surface area contributed by atoms with E-state index in [2.05, 4.69) is 20.9 Å². The van der Waals surface area contributed by atoms with Gasteiger partial charge in [-0.25, -0.2) is 4.98 Å². The third-order valence-electron chi connectivity index (χ3n) is 5.48. The molecule has 3 N–H and O–H groups in total. The van der Waals surface area contributed by atoms with Crippen LogP contribution in [0.25, 0.3) is 10.6 Å². The fourth-order valence-corrected chi connectivity index (χ4v) is 4.40. The Kier molecular flexibility index (Phi) is 6.82.